The highest BCUT2D eigenvalue weighted by Crippen LogP contribution is 1.99. The molecule has 0 unspecified atom stereocenters. The Balaban J connectivity index is 2.16. The number of carbonyl (C=O) groups is 2. The van der Waals surface area contributed by atoms with Crippen LogP contribution in [0.4, 0.5) is 4.79 Å². The first-order chi connectivity index (χ1) is 8.22. The first-order valence-electron chi connectivity index (χ1n) is 4.98. The number of benzene rings is 1. The number of hydrogen-bond acceptors (Lipinski definition) is 5. The van der Waals surface area contributed by atoms with Gasteiger partial charge in [-0.1, -0.05) is 30.3 Å². The summed E-state index contributed by atoms with van der Waals surface area (Å²) >= 11 is 0. The molecule has 17 heavy (non-hydrogen) atoms. The van der Waals surface area contributed by atoms with Gasteiger partial charge in [0.15, 0.2) is 0 Å². The summed E-state index contributed by atoms with van der Waals surface area (Å²) in [6.45, 7) is 0.0590. The molecule has 0 fully saturated rings. The molecule has 0 radical (unpaired) electrons. The molecule has 2 N–H and O–H groups in total. The summed E-state index contributed by atoms with van der Waals surface area (Å²) in [7, 11) is 1.26. The van der Waals surface area contributed by atoms with Crippen molar-refractivity contribution in [2.24, 2.45) is 0 Å². The van der Waals surface area contributed by atoms with E-state index < -0.39 is 12.1 Å². The molecule has 1 aromatic rings. The van der Waals surface area contributed by atoms with E-state index in [1.54, 1.807) is 0 Å². The molecule has 92 valence electrons. The lowest BCUT2D eigenvalue weighted by Crippen LogP contribution is -2.41. The van der Waals surface area contributed by atoms with Crippen LogP contribution in [0.5, 0.6) is 0 Å². The average molecular weight is 238 g/mol. The summed E-state index contributed by atoms with van der Waals surface area (Å²) in [4.78, 5) is 21.8. The molecule has 0 aliphatic rings. The van der Waals surface area contributed by atoms with Crippen LogP contribution in [-0.2, 0) is 20.9 Å². The van der Waals surface area contributed by atoms with Crippen molar-refractivity contribution in [2.75, 3.05) is 13.7 Å². The largest absolute Gasteiger partial charge is 0.468 e. The van der Waals surface area contributed by atoms with Crippen molar-refractivity contribution >= 4 is 12.1 Å². The van der Waals surface area contributed by atoms with E-state index in [1.165, 1.54) is 7.11 Å². The Morgan fingerprint density at radius 1 is 1.24 bits per heavy atom. The molecule has 1 amide bonds. The van der Waals surface area contributed by atoms with Crippen molar-refractivity contribution in [3.63, 3.8) is 0 Å². The minimum Gasteiger partial charge on any atom is -0.468 e. The van der Waals surface area contributed by atoms with Crippen LogP contribution in [-0.4, -0.2) is 25.7 Å². The van der Waals surface area contributed by atoms with Crippen molar-refractivity contribution < 1.29 is 19.1 Å². The fourth-order valence-corrected chi connectivity index (χ4v) is 1.02. The van der Waals surface area contributed by atoms with Crippen LogP contribution in [0.1, 0.15) is 5.56 Å². The lowest BCUT2D eigenvalue weighted by molar-refractivity contribution is -0.139. The minimum atomic E-state index is -0.655. The third-order valence-corrected chi connectivity index (χ3v) is 1.86. The van der Waals surface area contributed by atoms with E-state index in [9.17, 15) is 9.59 Å². The van der Waals surface area contributed by atoms with E-state index in [0.29, 0.717) is 0 Å². The number of hydrazine groups is 1. The summed E-state index contributed by atoms with van der Waals surface area (Å²) < 4.78 is 9.25. The second-order valence-electron chi connectivity index (χ2n) is 3.12. The molecule has 0 saturated carbocycles. The molecule has 1 aromatic carbocycles. The molecule has 0 spiro atoms. The highest BCUT2D eigenvalue weighted by molar-refractivity contribution is 5.72. The Kier molecular flexibility index (Phi) is 5.53. The molecule has 0 aliphatic heterocycles. The van der Waals surface area contributed by atoms with Gasteiger partial charge >= 0.3 is 12.1 Å². The first-order valence-corrected chi connectivity index (χ1v) is 4.98. The summed E-state index contributed by atoms with van der Waals surface area (Å²) in [5.74, 6) is -0.478. The van der Waals surface area contributed by atoms with Gasteiger partial charge in [-0.05, 0) is 5.56 Å². The van der Waals surface area contributed by atoms with Crippen LogP contribution >= 0.6 is 0 Å². The van der Waals surface area contributed by atoms with Crippen molar-refractivity contribution in [3.8, 4) is 0 Å². The molecule has 6 nitrogen and oxygen atoms in total. The molecule has 1 rings (SSSR count). The predicted octanol–water partition coefficient (Wildman–Crippen LogP) is 0.590. The Morgan fingerprint density at radius 3 is 2.59 bits per heavy atom. The molecule has 0 bridgehead atoms. The van der Waals surface area contributed by atoms with Gasteiger partial charge < -0.3 is 9.47 Å². The fraction of sp³-hybridized carbons (Fsp3) is 0.273. The summed E-state index contributed by atoms with van der Waals surface area (Å²) in [5.41, 5.74) is 5.46. The molecule has 6 heteroatoms. The van der Waals surface area contributed by atoms with Gasteiger partial charge in [-0.25, -0.2) is 10.2 Å². The van der Waals surface area contributed by atoms with E-state index in [0.717, 1.165) is 5.56 Å². The lowest BCUT2D eigenvalue weighted by Gasteiger charge is -2.07. The van der Waals surface area contributed by atoms with Gasteiger partial charge in [0, 0.05) is 0 Å². The number of hydrogen-bond donors (Lipinski definition) is 2. The first kappa shape index (κ1) is 13.0. The van der Waals surface area contributed by atoms with E-state index in [-0.39, 0.29) is 13.2 Å². The zero-order valence-electron chi connectivity index (χ0n) is 9.43. The number of carbonyl (C=O) groups excluding carboxylic acids is 2. The Bertz CT molecular complexity index is 367. The number of nitrogens with one attached hydrogen (secondary N) is 2. The predicted molar refractivity (Wildman–Crippen MR) is 59.8 cm³/mol. The monoisotopic (exact) mass is 238 g/mol. The standard InChI is InChI=1S/C11H14N2O4/c1-16-10(14)7-12-13-11(15)17-8-9-5-3-2-4-6-9/h2-6,12H,7-8H2,1H3,(H,13,15). The number of ether oxygens (including phenoxy) is 2. The molecule has 0 heterocycles. The second kappa shape index (κ2) is 7.24. The average Bonchev–Trinajstić information content (AvgIpc) is 2.37. The molecule has 0 aliphatic carbocycles. The van der Waals surface area contributed by atoms with Crippen LogP contribution in [0.3, 0.4) is 0 Å². The van der Waals surface area contributed by atoms with Gasteiger partial charge in [0.2, 0.25) is 0 Å². The smallest absolute Gasteiger partial charge is 0.421 e. The molecular weight excluding hydrogens is 224 g/mol. The lowest BCUT2D eigenvalue weighted by atomic mass is 10.2. The molecule has 0 atom stereocenters. The van der Waals surface area contributed by atoms with Crippen molar-refractivity contribution in [1.29, 1.82) is 0 Å². The van der Waals surface area contributed by atoms with Crippen LogP contribution in [0.2, 0.25) is 0 Å². The summed E-state index contributed by atoms with van der Waals surface area (Å²) in [5, 5.41) is 0. The third kappa shape index (κ3) is 5.53. The molecule has 0 saturated heterocycles. The SMILES string of the molecule is COC(=O)CNNC(=O)OCc1ccccc1. The number of methoxy groups -OCH3 is 1. The maximum absolute atomic E-state index is 11.1. The Morgan fingerprint density at radius 2 is 1.94 bits per heavy atom. The Labute approximate surface area is 98.9 Å². The van der Waals surface area contributed by atoms with Crippen LogP contribution in [0.25, 0.3) is 0 Å². The topological polar surface area (TPSA) is 76.7 Å². The number of amides is 1. The van der Waals surface area contributed by atoms with Gasteiger partial charge in [0.25, 0.3) is 0 Å². The zero-order valence-corrected chi connectivity index (χ0v) is 9.43. The quantitative estimate of drug-likeness (QED) is 0.580. The molecule has 0 aromatic heterocycles. The maximum atomic E-state index is 11.1. The number of esters is 1. The Hall–Kier alpha value is -2.08. The highest BCUT2D eigenvalue weighted by Gasteiger charge is 2.03. The summed E-state index contributed by atoms with van der Waals surface area (Å²) in [6.07, 6.45) is -0.655. The van der Waals surface area contributed by atoms with Crippen molar-refractivity contribution in [1.82, 2.24) is 10.9 Å². The van der Waals surface area contributed by atoms with Crippen LogP contribution in [0.15, 0.2) is 30.3 Å². The number of rotatable bonds is 5. The van der Waals surface area contributed by atoms with Gasteiger partial charge in [0.1, 0.15) is 13.2 Å². The highest BCUT2D eigenvalue weighted by atomic mass is 16.6. The zero-order chi connectivity index (χ0) is 12.5. The van der Waals surface area contributed by atoms with Gasteiger partial charge in [-0.15, -0.1) is 0 Å². The third-order valence-electron chi connectivity index (χ3n) is 1.86. The molecular formula is C11H14N2O4. The summed E-state index contributed by atoms with van der Waals surface area (Å²) in [6, 6.07) is 9.27. The van der Waals surface area contributed by atoms with E-state index >= 15 is 0 Å². The van der Waals surface area contributed by atoms with Crippen molar-refractivity contribution in [2.45, 2.75) is 6.61 Å². The van der Waals surface area contributed by atoms with E-state index in [1.807, 2.05) is 30.3 Å². The minimum absolute atomic E-state index is 0.114. The normalized spacial score (nSPS) is 9.47. The van der Waals surface area contributed by atoms with Gasteiger partial charge in [-0.2, -0.15) is 0 Å². The van der Waals surface area contributed by atoms with E-state index in [4.69, 9.17) is 4.74 Å². The van der Waals surface area contributed by atoms with Crippen LogP contribution < -0.4 is 10.9 Å². The fourth-order valence-electron chi connectivity index (χ4n) is 1.02. The van der Waals surface area contributed by atoms with Gasteiger partial charge in [-0.3, -0.25) is 10.2 Å². The maximum Gasteiger partial charge on any atom is 0.421 e. The van der Waals surface area contributed by atoms with E-state index in [2.05, 4.69) is 15.6 Å². The van der Waals surface area contributed by atoms with Gasteiger partial charge in [0.05, 0.1) is 7.11 Å². The second-order valence-corrected chi connectivity index (χ2v) is 3.12. The van der Waals surface area contributed by atoms with Crippen molar-refractivity contribution in [3.05, 3.63) is 35.9 Å². The van der Waals surface area contributed by atoms with Crippen LogP contribution in [0, 0.1) is 0 Å².